The van der Waals surface area contributed by atoms with E-state index in [0.29, 0.717) is 5.69 Å². The number of hydrogen-bond acceptors (Lipinski definition) is 5. The Labute approximate surface area is 188 Å². The number of carbonyl (C=O) groups is 3. The highest BCUT2D eigenvalue weighted by Gasteiger charge is 2.36. The molecule has 0 saturated carbocycles. The molecule has 1 aliphatic heterocycles. The van der Waals surface area contributed by atoms with Gasteiger partial charge in [0.2, 0.25) is 5.91 Å². The highest BCUT2D eigenvalue weighted by atomic mass is 16.5. The molecule has 2 aromatic rings. The van der Waals surface area contributed by atoms with Crippen molar-refractivity contribution < 1.29 is 23.9 Å². The molecule has 1 N–H and O–H groups in total. The Morgan fingerprint density at radius 2 is 1.72 bits per heavy atom. The molecule has 170 valence electrons. The quantitative estimate of drug-likeness (QED) is 0.662. The van der Waals surface area contributed by atoms with Gasteiger partial charge in [-0.1, -0.05) is 17.7 Å². The van der Waals surface area contributed by atoms with Gasteiger partial charge in [-0.25, -0.2) is 0 Å². The summed E-state index contributed by atoms with van der Waals surface area (Å²) >= 11 is 0. The van der Waals surface area contributed by atoms with Crippen molar-refractivity contribution in [2.45, 2.75) is 47.1 Å². The lowest BCUT2D eigenvalue weighted by Crippen LogP contribution is -2.28. The van der Waals surface area contributed by atoms with E-state index < -0.39 is 24.4 Å². The van der Waals surface area contributed by atoms with Crippen LogP contribution in [0.15, 0.2) is 36.4 Å². The lowest BCUT2D eigenvalue weighted by molar-refractivity contribution is -0.151. The molecule has 1 saturated heterocycles. The second-order valence-electron chi connectivity index (χ2n) is 8.50. The summed E-state index contributed by atoms with van der Waals surface area (Å²) in [5.41, 5.74) is 4.43. The van der Waals surface area contributed by atoms with Crippen LogP contribution in [-0.2, 0) is 19.1 Å². The summed E-state index contributed by atoms with van der Waals surface area (Å²) in [4.78, 5) is 38.8. The van der Waals surface area contributed by atoms with Crippen LogP contribution in [0, 0.1) is 26.7 Å². The first kappa shape index (κ1) is 23.3. The largest absolute Gasteiger partial charge is 0.491 e. The molecule has 0 aromatic heterocycles. The zero-order valence-corrected chi connectivity index (χ0v) is 19.2. The second kappa shape index (κ2) is 9.85. The number of benzene rings is 2. The lowest BCUT2D eigenvalue weighted by Gasteiger charge is -2.18. The minimum Gasteiger partial charge on any atom is -0.491 e. The predicted molar refractivity (Wildman–Crippen MR) is 123 cm³/mol. The Morgan fingerprint density at radius 1 is 1.09 bits per heavy atom. The van der Waals surface area contributed by atoms with E-state index in [2.05, 4.69) is 5.32 Å². The molecule has 1 fully saturated rings. The van der Waals surface area contributed by atoms with E-state index in [4.69, 9.17) is 9.47 Å². The van der Waals surface area contributed by atoms with Gasteiger partial charge in [0.1, 0.15) is 5.75 Å². The highest BCUT2D eigenvalue weighted by molar-refractivity contribution is 6.00. The van der Waals surface area contributed by atoms with Crippen LogP contribution in [-0.4, -0.2) is 37.0 Å². The third-order valence-electron chi connectivity index (χ3n) is 5.27. The number of anilines is 2. The van der Waals surface area contributed by atoms with E-state index in [1.165, 1.54) is 0 Å². The SMILES string of the molecule is Cc1cc(C)c(NC(=O)COC(=O)[C@@H]2CC(=O)N(c3ccc(OC(C)C)cc3)C2)c(C)c1. The molecule has 7 nitrogen and oxygen atoms in total. The number of ether oxygens (including phenoxy) is 2. The third kappa shape index (κ3) is 5.66. The molecular weight excluding hydrogens is 408 g/mol. The maximum absolute atomic E-state index is 12.5. The molecule has 0 unspecified atom stereocenters. The number of aryl methyl sites for hydroxylation is 3. The van der Waals surface area contributed by atoms with Crippen molar-refractivity contribution in [2.75, 3.05) is 23.4 Å². The predicted octanol–water partition coefficient (Wildman–Crippen LogP) is 3.93. The molecule has 1 heterocycles. The van der Waals surface area contributed by atoms with E-state index in [0.717, 1.165) is 28.1 Å². The minimum atomic E-state index is -0.607. The Kier molecular flexibility index (Phi) is 7.18. The second-order valence-corrected chi connectivity index (χ2v) is 8.50. The van der Waals surface area contributed by atoms with E-state index in [1.807, 2.05) is 46.8 Å². The molecule has 2 amide bonds. The van der Waals surface area contributed by atoms with Gasteiger partial charge >= 0.3 is 5.97 Å². The summed E-state index contributed by atoms with van der Waals surface area (Å²) in [5, 5.41) is 2.81. The van der Waals surface area contributed by atoms with Gasteiger partial charge in [-0.2, -0.15) is 0 Å². The normalized spacial score (nSPS) is 15.8. The van der Waals surface area contributed by atoms with E-state index in [9.17, 15) is 14.4 Å². The number of hydrogen-bond donors (Lipinski definition) is 1. The van der Waals surface area contributed by atoms with E-state index >= 15 is 0 Å². The van der Waals surface area contributed by atoms with Gasteiger partial charge in [0, 0.05) is 24.3 Å². The Balaban J connectivity index is 1.54. The lowest BCUT2D eigenvalue weighted by atomic mass is 10.1. The van der Waals surface area contributed by atoms with Crippen LogP contribution in [0.4, 0.5) is 11.4 Å². The fraction of sp³-hybridized carbons (Fsp3) is 0.400. The molecule has 1 aliphatic rings. The number of amides is 2. The summed E-state index contributed by atoms with van der Waals surface area (Å²) < 4.78 is 10.8. The number of esters is 1. The fourth-order valence-corrected chi connectivity index (χ4v) is 3.90. The zero-order valence-electron chi connectivity index (χ0n) is 19.2. The van der Waals surface area contributed by atoms with Crippen molar-refractivity contribution in [1.82, 2.24) is 0 Å². The molecule has 0 spiro atoms. The average Bonchev–Trinajstić information content (AvgIpc) is 3.11. The summed E-state index contributed by atoms with van der Waals surface area (Å²) in [6.07, 6.45) is 0.116. The minimum absolute atomic E-state index is 0.0564. The fourth-order valence-electron chi connectivity index (χ4n) is 3.90. The van der Waals surface area contributed by atoms with Crippen LogP contribution in [0.3, 0.4) is 0 Å². The van der Waals surface area contributed by atoms with Crippen molar-refractivity contribution in [3.63, 3.8) is 0 Å². The van der Waals surface area contributed by atoms with Crippen LogP contribution >= 0.6 is 0 Å². The zero-order chi connectivity index (χ0) is 23.4. The van der Waals surface area contributed by atoms with E-state index in [-0.39, 0.29) is 25.0 Å². The van der Waals surface area contributed by atoms with E-state index in [1.54, 1.807) is 29.2 Å². The monoisotopic (exact) mass is 438 g/mol. The van der Waals surface area contributed by atoms with Gasteiger partial charge < -0.3 is 19.7 Å². The highest BCUT2D eigenvalue weighted by Crippen LogP contribution is 2.28. The maximum atomic E-state index is 12.5. The maximum Gasteiger partial charge on any atom is 0.311 e. The van der Waals surface area contributed by atoms with Gasteiger partial charge in [0.05, 0.1) is 12.0 Å². The first-order chi connectivity index (χ1) is 15.1. The number of carbonyl (C=O) groups excluding carboxylic acids is 3. The Morgan fingerprint density at radius 3 is 2.31 bits per heavy atom. The smallest absolute Gasteiger partial charge is 0.311 e. The molecule has 32 heavy (non-hydrogen) atoms. The first-order valence-electron chi connectivity index (χ1n) is 10.8. The standard InChI is InChI=1S/C25H30N2O5/c1-15(2)32-21-8-6-20(7-9-21)27-13-19(12-23(27)29)25(30)31-14-22(28)26-24-17(4)10-16(3)11-18(24)5/h6-11,15,19H,12-14H2,1-5H3,(H,26,28)/t19-/m1/s1. The van der Waals surface area contributed by atoms with Gasteiger partial charge in [0.15, 0.2) is 6.61 Å². The first-order valence-corrected chi connectivity index (χ1v) is 10.8. The van der Waals surface area contributed by atoms with Crippen molar-refractivity contribution >= 4 is 29.2 Å². The summed E-state index contributed by atoms with van der Waals surface area (Å²) in [7, 11) is 0. The molecule has 0 bridgehead atoms. The third-order valence-corrected chi connectivity index (χ3v) is 5.27. The van der Waals surface area contributed by atoms with Crippen molar-refractivity contribution in [3.05, 3.63) is 53.1 Å². The van der Waals surface area contributed by atoms with Gasteiger partial charge in [-0.3, -0.25) is 14.4 Å². The average molecular weight is 439 g/mol. The van der Waals surface area contributed by atoms with Crippen LogP contribution in [0.1, 0.15) is 37.0 Å². The van der Waals surface area contributed by atoms with Crippen LogP contribution in [0.2, 0.25) is 0 Å². The Hall–Kier alpha value is -3.35. The number of nitrogens with zero attached hydrogens (tertiary/aromatic N) is 1. The summed E-state index contributed by atoms with van der Waals surface area (Å²) in [6, 6.07) is 11.1. The van der Waals surface area contributed by atoms with Crippen LogP contribution in [0.5, 0.6) is 5.75 Å². The molecule has 0 aliphatic carbocycles. The van der Waals surface area contributed by atoms with Crippen molar-refractivity contribution in [1.29, 1.82) is 0 Å². The number of rotatable bonds is 7. The summed E-state index contributed by atoms with van der Waals surface area (Å²) in [5.74, 6) is -0.996. The van der Waals surface area contributed by atoms with Gasteiger partial charge in [-0.15, -0.1) is 0 Å². The molecular formula is C25H30N2O5. The number of nitrogens with one attached hydrogen (secondary N) is 1. The molecule has 2 aromatic carbocycles. The molecule has 7 heteroatoms. The van der Waals surface area contributed by atoms with Crippen LogP contribution in [0.25, 0.3) is 0 Å². The van der Waals surface area contributed by atoms with Crippen molar-refractivity contribution in [2.24, 2.45) is 5.92 Å². The van der Waals surface area contributed by atoms with Gasteiger partial charge in [-0.05, 0) is 70.0 Å². The van der Waals surface area contributed by atoms with Gasteiger partial charge in [0.25, 0.3) is 5.91 Å². The van der Waals surface area contributed by atoms with Crippen LogP contribution < -0.4 is 15.0 Å². The summed E-state index contributed by atoms with van der Waals surface area (Å²) in [6.45, 7) is 9.55. The molecule has 3 rings (SSSR count). The van der Waals surface area contributed by atoms with Crippen molar-refractivity contribution in [3.8, 4) is 5.75 Å². The Bertz CT molecular complexity index is 990. The molecule has 1 atom stereocenters. The molecule has 0 radical (unpaired) electrons. The topological polar surface area (TPSA) is 84.9 Å².